The van der Waals surface area contributed by atoms with E-state index < -0.39 is 0 Å². The van der Waals surface area contributed by atoms with E-state index in [0.29, 0.717) is 5.92 Å². The molecule has 2 amide bonds. The lowest BCUT2D eigenvalue weighted by atomic mass is 9.99. The molecule has 4 heteroatoms. The minimum atomic E-state index is 0.142. The fourth-order valence-corrected chi connectivity index (χ4v) is 3.27. The zero-order valence-electron chi connectivity index (χ0n) is 13.2. The summed E-state index contributed by atoms with van der Waals surface area (Å²) in [6.45, 7) is 10.8. The largest absolute Gasteiger partial charge is 0.338 e. The number of piperidine rings is 2. The van der Waals surface area contributed by atoms with E-state index in [0.717, 1.165) is 44.9 Å². The van der Waals surface area contributed by atoms with Gasteiger partial charge in [-0.2, -0.15) is 0 Å². The SMILES string of the molecule is CC1CCN(CCCNC(=O)N2CCCC(C)C2)CC1. The average molecular weight is 281 g/mol. The third-order valence-electron chi connectivity index (χ3n) is 4.75. The van der Waals surface area contributed by atoms with Crippen LogP contribution >= 0.6 is 0 Å². The highest BCUT2D eigenvalue weighted by molar-refractivity contribution is 5.74. The molecule has 4 nitrogen and oxygen atoms in total. The molecule has 20 heavy (non-hydrogen) atoms. The molecule has 0 aromatic carbocycles. The summed E-state index contributed by atoms with van der Waals surface area (Å²) < 4.78 is 0. The third kappa shape index (κ3) is 4.97. The van der Waals surface area contributed by atoms with Gasteiger partial charge in [0.15, 0.2) is 0 Å². The molecule has 1 unspecified atom stereocenters. The van der Waals surface area contributed by atoms with E-state index in [1.807, 2.05) is 4.90 Å². The normalized spacial score (nSPS) is 25.7. The highest BCUT2D eigenvalue weighted by Gasteiger charge is 2.20. The zero-order valence-corrected chi connectivity index (χ0v) is 13.2. The molecule has 0 radical (unpaired) electrons. The topological polar surface area (TPSA) is 35.6 Å². The Morgan fingerprint density at radius 1 is 1.10 bits per heavy atom. The molecule has 0 aromatic heterocycles. The van der Waals surface area contributed by atoms with Crippen molar-refractivity contribution in [2.45, 2.75) is 46.0 Å². The summed E-state index contributed by atoms with van der Waals surface area (Å²) in [5.74, 6) is 1.55. The standard InChI is InChI=1S/C16H31N3O/c1-14-6-11-18(12-7-14)9-4-8-17-16(20)19-10-3-5-15(2)13-19/h14-15H,3-13H2,1-2H3,(H,17,20). The maximum absolute atomic E-state index is 12.0. The molecule has 0 bridgehead atoms. The lowest BCUT2D eigenvalue weighted by Crippen LogP contribution is -2.45. The quantitative estimate of drug-likeness (QED) is 0.804. The van der Waals surface area contributed by atoms with E-state index in [2.05, 4.69) is 24.1 Å². The molecule has 2 aliphatic rings. The van der Waals surface area contributed by atoms with Gasteiger partial charge in [0.25, 0.3) is 0 Å². The summed E-state index contributed by atoms with van der Waals surface area (Å²) in [6.07, 6.45) is 6.15. The van der Waals surface area contributed by atoms with Gasteiger partial charge >= 0.3 is 6.03 Å². The number of urea groups is 1. The summed E-state index contributed by atoms with van der Waals surface area (Å²) in [5, 5.41) is 3.08. The highest BCUT2D eigenvalue weighted by Crippen LogP contribution is 2.16. The van der Waals surface area contributed by atoms with E-state index in [-0.39, 0.29) is 6.03 Å². The highest BCUT2D eigenvalue weighted by atomic mass is 16.2. The molecule has 0 saturated carbocycles. The predicted octanol–water partition coefficient (Wildman–Crippen LogP) is 2.55. The number of hydrogen-bond acceptors (Lipinski definition) is 2. The molecule has 0 aromatic rings. The number of nitrogens with zero attached hydrogens (tertiary/aromatic N) is 2. The molecule has 2 rings (SSSR count). The molecular formula is C16H31N3O. The Kier molecular flexibility index (Phi) is 6.14. The summed E-state index contributed by atoms with van der Waals surface area (Å²) in [5.41, 5.74) is 0. The van der Waals surface area contributed by atoms with Gasteiger partial charge in [0, 0.05) is 19.6 Å². The minimum absolute atomic E-state index is 0.142. The monoisotopic (exact) mass is 281 g/mol. The maximum atomic E-state index is 12.0. The van der Waals surface area contributed by atoms with Crippen molar-refractivity contribution in [2.24, 2.45) is 11.8 Å². The lowest BCUT2D eigenvalue weighted by molar-refractivity contribution is 0.167. The van der Waals surface area contributed by atoms with Crippen LogP contribution in [-0.2, 0) is 0 Å². The first kappa shape index (κ1) is 15.6. The van der Waals surface area contributed by atoms with Crippen molar-refractivity contribution < 1.29 is 4.79 Å². The Labute approximate surface area is 123 Å². The number of hydrogen-bond donors (Lipinski definition) is 1. The molecule has 1 N–H and O–H groups in total. The Balaban J connectivity index is 1.55. The first-order chi connectivity index (χ1) is 9.65. The van der Waals surface area contributed by atoms with Gasteiger partial charge in [0.2, 0.25) is 0 Å². The van der Waals surface area contributed by atoms with Crippen LogP contribution in [0.25, 0.3) is 0 Å². The molecule has 0 spiro atoms. The average Bonchev–Trinajstić information content (AvgIpc) is 2.45. The molecule has 1 atom stereocenters. The van der Waals surface area contributed by atoms with Crippen LogP contribution in [-0.4, -0.2) is 55.1 Å². The van der Waals surface area contributed by atoms with E-state index in [9.17, 15) is 4.79 Å². The summed E-state index contributed by atoms with van der Waals surface area (Å²) >= 11 is 0. The predicted molar refractivity (Wildman–Crippen MR) is 82.8 cm³/mol. The Morgan fingerprint density at radius 2 is 1.85 bits per heavy atom. The second kappa shape index (κ2) is 7.87. The number of nitrogens with one attached hydrogen (secondary N) is 1. The van der Waals surface area contributed by atoms with Crippen LogP contribution in [0.5, 0.6) is 0 Å². The summed E-state index contributed by atoms with van der Waals surface area (Å²) in [6, 6.07) is 0.142. The molecule has 0 aliphatic carbocycles. The van der Waals surface area contributed by atoms with Gasteiger partial charge in [0.1, 0.15) is 0 Å². The number of carbonyl (C=O) groups excluding carboxylic acids is 1. The molecule has 116 valence electrons. The molecule has 2 saturated heterocycles. The van der Waals surface area contributed by atoms with Crippen LogP contribution in [0.2, 0.25) is 0 Å². The summed E-state index contributed by atoms with van der Waals surface area (Å²) in [7, 11) is 0. The van der Waals surface area contributed by atoms with Gasteiger partial charge in [-0.15, -0.1) is 0 Å². The van der Waals surface area contributed by atoms with Gasteiger partial charge in [-0.25, -0.2) is 4.79 Å². The van der Waals surface area contributed by atoms with Crippen LogP contribution in [0.4, 0.5) is 4.79 Å². The first-order valence-corrected chi connectivity index (χ1v) is 8.40. The smallest absolute Gasteiger partial charge is 0.317 e. The van der Waals surface area contributed by atoms with Crippen LogP contribution in [0.1, 0.15) is 46.0 Å². The van der Waals surface area contributed by atoms with Crippen molar-refractivity contribution >= 4 is 6.03 Å². The number of amides is 2. The number of rotatable bonds is 4. The van der Waals surface area contributed by atoms with Crippen molar-refractivity contribution in [3.05, 3.63) is 0 Å². The van der Waals surface area contributed by atoms with Gasteiger partial charge in [-0.05, 0) is 63.6 Å². The van der Waals surface area contributed by atoms with Gasteiger partial charge in [-0.1, -0.05) is 13.8 Å². The molecule has 2 aliphatic heterocycles. The van der Waals surface area contributed by atoms with E-state index in [1.54, 1.807) is 0 Å². The number of carbonyl (C=O) groups is 1. The van der Waals surface area contributed by atoms with Gasteiger partial charge in [-0.3, -0.25) is 0 Å². The van der Waals surface area contributed by atoms with Crippen LogP contribution < -0.4 is 5.32 Å². The maximum Gasteiger partial charge on any atom is 0.317 e. The van der Waals surface area contributed by atoms with Gasteiger partial charge < -0.3 is 15.1 Å². The molecule has 2 fully saturated rings. The van der Waals surface area contributed by atoms with E-state index in [1.165, 1.54) is 32.4 Å². The summed E-state index contributed by atoms with van der Waals surface area (Å²) in [4.78, 5) is 16.6. The minimum Gasteiger partial charge on any atom is -0.338 e. The van der Waals surface area contributed by atoms with Crippen LogP contribution in [0.15, 0.2) is 0 Å². The molecular weight excluding hydrogens is 250 g/mol. The van der Waals surface area contributed by atoms with Crippen molar-refractivity contribution in [1.82, 2.24) is 15.1 Å². The third-order valence-corrected chi connectivity index (χ3v) is 4.75. The van der Waals surface area contributed by atoms with Crippen LogP contribution in [0, 0.1) is 11.8 Å². The van der Waals surface area contributed by atoms with Crippen molar-refractivity contribution in [2.75, 3.05) is 39.3 Å². The lowest BCUT2D eigenvalue weighted by Gasteiger charge is -2.31. The first-order valence-electron chi connectivity index (χ1n) is 8.40. The molecule has 2 heterocycles. The van der Waals surface area contributed by atoms with E-state index in [4.69, 9.17) is 0 Å². The fraction of sp³-hybridized carbons (Fsp3) is 0.938. The van der Waals surface area contributed by atoms with Crippen molar-refractivity contribution in [1.29, 1.82) is 0 Å². The fourth-order valence-electron chi connectivity index (χ4n) is 3.27. The van der Waals surface area contributed by atoms with Crippen molar-refractivity contribution in [3.63, 3.8) is 0 Å². The number of likely N-dealkylation sites (tertiary alicyclic amines) is 2. The Morgan fingerprint density at radius 3 is 2.55 bits per heavy atom. The second-order valence-corrected chi connectivity index (χ2v) is 6.80. The second-order valence-electron chi connectivity index (χ2n) is 6.80. The van der Waals surface area contributed by atoms with Crippen LogP contribution in [0.3, 0.4) is 0 Å². The Bertz CT molecular complexity index is 300. The zero-order chi connectivity index (χ0) is 14.4. The van der Waals surface area contributed by atoms with E-state index >= 15 is 0 Å². The van der Waals surface area contributed by atoms with Crippen molar-refractivity contribution in [3.8, 4) is 0 Å². The Hall–Kier alpha value is -0.770. The van der Waals surface area contributed by atoms with Gasteiger partial charge in [0.05, 0.1) is 0 Å².